The summed E-state index contributed by atoms with van der Waals surface area (Å²) < 4.78 is 4.96. The van der Waals surface area contributed by atoms with Crippen LogP contribution in [0.4, 0.5) is 4.79 Å². The maximum atomic E-state index is 10.8. The highest BCUT2D eigenvalue weighted by molar-refractivity contribution is 7.96. The molecule has 1 aliphatic carbocycles. The highest BCUT2D eigenvalue weighted by Gasteiger charge is 2.27. The van der Waals surface area contributed by atoms with Gasteiger partial charge in [0.05, 0.1) is 6.61 Å². The van der Waals surface area contributed by atoms with E-state index in [1.165, 1.54) is 22.3 Å². The Hall–Kier alpha value is -1.74. The fourth-order valence-corrected chi connectivity index (χ4v) is 2.93. The number of rotatable bonds is 3. The number of ether oxygens (including phenoxy) is 1. The molecule has 0 saturated heterocycles. The average Bonchev–Trinajstić information content (AvgIpc) is 2.74. The Morgan fingerprint density at radius 1 is 1.00 bits per heavy atom. The van der Waals surface area contributed by atoms with E-state index >= 15 is 0 Å². The van der Waals surface area contributed by atoms with Crippen molar-refractivity contribution >= 4 is 17.9 Å². The lowest BCUT2D eigenvalue weighted by atomic mass is 9.94. The predicted octanol–water partition coefficient (Wildman–Crippen LogP) is 4.26. The molecule has 0 amide bonds. The van der Waals surface area contributed by atoms with Gasteiger partial charge in [-0.25, -0.2) is 4.79 Å². The lowest BCUT2D eigenvalue weighted by Gasteiger charge is -2.13. The Labute approximate surface area is 117 Å². The molecule has 2 nitrogen and oxygen atoms in total. The van der Waals surface area contributed by atoms with Crippen LogP contribution in [0.2, 0.25) is 0 Å². The number of fused-ring (bicyclic) bond motifs is 3. The zero-order valence-corrected chi connectivity index (χ0v) is 11.3. The van der Waals surface area contributed by atoms with E-state index in [-0.39, 0.29) is 0 Å². The van der Waals surface area contributed by atoms with Gasteiger partial charge >= 0.3 is 5.30 Å². The number of thiol groups is 1. The first-order valence-electron chi connectivity index (χ1n) is 6.31. The Bertz CT molecular complexity index is 576. The molecule has 3 rings (SSSR count). The fourth-order valence-electron chi connectivity index (χ4n) is 2.83. The number of carbonyl (C=O) groups excluding carboxylic acids is 1. The van der Waals surface area contributed by atoms with E-state index in [1.54, 1.807) is 0 Å². The zero-order chi connectivity index (χ0) is 13.2. The largest absolute Gasteiger partial charge is 0.458 e. The van der Waals surface area contributed by atoms with Gasteiger partial charge in [0.25, 0.3) is 0 Å². The smallest absolute Gasteiger partial charge is 0.364 e. The molecule has 19 heavy (non-hydrogen) atoms. The van der Waals surface area contributed by atoms with Gasteiger partial charge in [-0.15, -0.1) is 0 Å². The molecule has 0 N–H and O–H groups in total. The molecule has 0 radical (unpaired) electrons. The second-order valence-electron chi connectivity index (χ2n) is 4.63. The molecule has 2 aromatic rings. The van der Waals surface area contributed by atoms with Crippen LogP contribution < -0.4 is 0 Å². The van der Waals surface area contributed by atoms with Crippen LogP contribution in [0.3, 0.4) is 0 Å². The molecule has 0 unspecified atom stereocenters. The number of hydrogen-bond acceptors (Lipinski definition) is 2. The highest BCUT2D eigenvalue weighted by atomic mass is 32.1. The molecule has 96 valence electrons. The van der Waals surface area contributed by atoms with Crippen molar-refractivity contribution in [3.8, 4) is 11.1 Å². The summed E-state index contributed by atoms with van der Waals surface area (Å²) in [7, 11) is 0. The normalized spacial score (nSPS) is 12.9. The summed E-state index contributed by atoms with van der Waals surface area (Å²) in [5, 5.41) is -0.514. The molecule has 0 bridgehead atoms. The van der Waals surface area contributed by atoms with Crippen molar-refractivity contribution in [2.24, 2.45) is 0 Å². The minimum absolute atomic E-state index is 0.306. The number of carbonyl (C=O) groups is 1. The third kappa shape index (κ3) is 2.26. The van der Waals surface area contributed by atoms with Crippen molar-refractivity contribution in [2.45, 2.75) is 12.3 Å². The Morgan fingerprint density at radius 3 is 2.05 bits per heavy atom. The van der Waals surface area contributed by atoms with Crippen molar-refractivity contribution in [3.05, 3.63) is 59.7 Å². The van der Waals surface area contributed by atoms with E-state index in [0.717, 1.165) is 6.42 Å². The number of hydrogen-bond donors (Lipinski definition) is 1. The topological polar surface area (TPSA) is 26.3 Å². The van der Waals surface area contributed by atoms with Gasteiger partial charge in [-0.1, -0.05) is 61.2 Å². The lowest BCUT2D eigenvalue weighted by molar-refractivity contribution is 0.172. The molecule has 1 aliphatic rings. The SMILES string of the molecule is O=C(S)OCCC1c2ccccc2-c2ccccc21. The average molecular weight is 270 g/mol. The maximum absolute atomic E-state index is 10.8. The van der Waals surface area contributed by atoms with Crippen molar-refractivity contribution in [3.63, 3.8) is 0 Å². The molecular weight excluding hydrogens is 256 g/mol. The van der Waals surface area contributed by atoms with E-state index in [0.29, 0.717) is 12.5 Å². The van der Waals surface area contributed by atoms with Gasteiger partial charge in [0.2, 0.25) is 0 Å². The van der Waals surface area contributed by atoms with Crippen molar-refractivity contribution < 1.29 is 9.53 Å². The van der Waals surface area contributed by atoms with E-state index in [4.69, 9.17) is 4.74 Å². The van der Waals surface area contributed by atoms with E-state index in [2.05, 4.69) is 61.2 Å². The van der Waals surface area contributed by atoms with Crippen LogP contribution in [0.25, 0.3) is 11.1 Å². The molecule has 2 aromatic carbocycles. The summed E-state index contributed by atoms with van der Waals surface area (Å²) in [5.41, 5.74) is 5.22. The van der Waals surface area contributed by atoms with Crippen LogP contribution in [-0.2, 0) is 4.74 Å². The van der Waals surface area contributed by atoms with E-state index < -0.39 is 5.30 Å². The van der Waals surface area contributed by atoms with Crippen LogP contribution in [-0.4, -0.2) is 11.9 Å². The van der Waals surface area contributed by atoms with Crippen molar-refractivity contribution in [1.29, 1.82) is 0 Å². The second-order valence-corrected chi connectivity index (χ2v) is 5.00. The second kappa shape index (κ2) is 5.10. The molecule has 0 aliphatic heterocycles. The molecule has 0 saturated carbocycles. The first kappa shape index (κ1) is 12.3. The minimum atomic E-state index is -0.514. The molecular formula is C16H14O2S. The van der Waals surface area contributed by atoms with Crippen LogP contribution in [0.1, 0.15) is 23.5 Å². The Kier molecular flexibility index (Phi) is 3.30. The quantitative estimate of drug-likeness (QED) is 0.666. The van der Waals surface area contributed by atoms with E-state index in [9.17, 15) is 4.79 Å². The first-order chi connectivity index (χ1) is 9.27. The van der Waals surface area contributed by atoms with E-state index in [1.807, 2.05) is 0 Å². The van der Waals surface area contributed by atoms with Gasteiger partial charge in [-0.3, -0.25) is 0 Å². The summed E-state index contributed by atoms with van der Waals surface area (Å²) >= 11 is 3.62. The summed E-state index contributed by atoms with van der Waals surface area (Å²) in [6, 6.07) is 16.9. The van der Waals surface area contributed by atoms with Gasteiger partial charge in [-0.2, -0.15) is 0 Å². The van der Waals surface area contributed by atoms with Crippen molar-refractivity contribution in [2.75, 3.05) is 6.61 Å². The third-order valence-corrected chi connectivity index (χ3v) is 3.72. The highest BCUT2D eigenvalue weighted by Crippen LogP contribution is 2.45. The zero-order valence-electron chi connectivity index (χ0n) is 10.4. The molecule has 3 heteroatoms. The van der Waals surface area contributed by atoms with Crippen LogP contribution in [0.15, 0.2) is 48.5 Å². The Morgan fingerprint density at radius 2 is 1.53 bits per heavy atom. The molecule has 0 atom stereocenters. The van der Waals surface area contributed by atoms with Crippen LogP contribution >= 0.6 is 12.6 Å². The van der Waals surface area contributed by atoms with Crippen molar-refractivity contribution in [1.82, 2.24) is 0 Å². The lowest BCUT2D eigenvalue weighted by Crippen LogP contribution is -2.04. The standard InChI is InChI=1S/C16H14O2S/c17-16(19)18-10-9-15-13-7-3-1-5-11(13)12-6-2-4-8-14(12)15/h1-8,15H,9-10H2,(H,17,19). The van der Waals surface area contributed by atoms with Gasteiger partial charge in [-0.05, 0) is 28.7 Å². The van der Waals surface area contributed by atoms with Crippen LogP contribution in [0.5, 0.6) is 0 Å². The van der Waals surface area contributed by atoms with Gasteiger partial charge in [0, 0.05) is 5.92 Å². The summed E-state index contributed by atoms with van der Waals surface area (Å²) in [6.45, 7) is 0.398. The number of benzene rings is 2. The Balaban J connectivity index is 1.93. The van der Waals surface area contributed by atoms with Gasteiger partial charge < -0.3 is 4.74 Å². The molecule has 0 aromatic heterocycles. The minimum Gasteiger partial charge on any atom is -0.458 e. The maximum Gasteiger partial charge on any atom is 0.364 e. The third-order valence-electron chi connectivity index (χ3n) is 3.59. The van der Waals surface area contributed by atoms with Crippen LogP contribution in [0, 0.1) is 0 Å². The van der Waals surface area contributed by atoms with Gasteiger partial charge in [0.15, 0.2) is 0 Å². The fraction of sp³-hybridized carbons (Fsp3) is 0.188. The first-order valence-corrected chi connectivity index (χ1v) is 6.76. The summed E-state index contributed by atoms with van der Waals surface area (Å²) in [6.07, 6.45) is 0.792. The molecule has 0 fully saturated rings. The molecule has 0 heterocycles. The monoisotopic (exact) mass is 270 g/mol. The van der Waals surface area contributed by atoms with Gasteiger partial charge in [0.1, 0.15) is 0 Å². The summed E-state index contributed by atoms with van der Waals surface area (Å²) in [5.74, 6) is 0.306. The predicted molar refractivity (Wildman–Crippen MR) is 78.7 cm³/mol. The molecule has 0 spiro atoms. The summed E-state index contributed by atoms with van der Waals surface area (Å²) in [4.78, 5) is 10.8.